The number of nitrogens with zero attached hydrogens (tertiary/aromatic N) is 2. The second kappa shape index (κ2) is 6.98. The Balaban J connectivity index is 1.76. The lowest BCUT2D eigenvalue weighted by Gasteiger charge is -2.32. The number of H-pyrrole nitrogens is 1. The molecule has 3 N–H and O–H groups in total. The number of likely N-dealkylation sites (N-methyl/N-ethyl adjacent to an activating group) is 1. The molecule has 140 valence electrons. The van der Waals surface area contributed by atoms with Gasteiger partial charge in [0.25, 0.3) is 5.91 Å². The molecule has 27 heavy (non-hydrogen) atoms. The molecule has 0 radical (unpaired) electrons. The first kappa shape index (κ1) is 18.0. The van der Waals surface area contributed by atoms with Gasteiger partial charge in [-0.3, -0.25) is 9.59 Å². The van der Waals surface area contributed by atoms with Crippen LogP contribution in [0.2, 0.25) is 0 Å². The number of nitrogens with one attached hydrogen (secondary N) is 1. The molecular weight excluding hydrogens is 408 g/mol. The van der Waals surface area contributed by atoms with E-state index in [2.05, 4.69) is 32.9 Å². The molecule has 1 aliphatic rings. The number of carbonyl (C=O) groups is 2. The van der Waals surface area contributed by atoms with Gasteiger partial charge in [0.1, 0.15) is 0 Å². The van der Waals surface area contributed by atoms with Crippen LogP contribution in [-0.4, -0.2) is 59.8 Å². The molecule has 0 unspecified atom stereocenters. The summed E-state index contributed by atoms with van der Waals surface area (Å²) in [5.74, 6) is -0.316. The van der Waals surface area contributed by atoms with Crippen molar-refractivity contribution >= 4 is 49.6 Å². The Morgan fingerprint density at radius 2 is 1.89 bits per heavy atom. The van der Waals surface area contributed by atoms with E-state index in [1.807, 2.05) is 35.2 Å². The summed E-state index contributed by atoms with van der Waals surface area (Å²) in [6.07, 6.45) is 0.170. The predicted molar refractivity (Wildman–Crippen MR) is 110 cm³/mol. The minimum atomic E-state index is -0.372. The molecule has 1 saturated heterocycles. The van der Waals surface area contributed by atoms with Gasteiger partial charge in [-0.15, -0.1) is 0 Å². The van der Waals surface area contributed by atoms with E-state index in [0.29, 0.717) is 5.56 Å². The second-order valence-electron chi connectivity index (χ2n) is 7.08. The highest BCUT2D eigenvalue weighted by atomic mass is 79.9. The highest BCUT2D eigenvalue weighted by molar-refractivity contribution is 9.10. The van der Waals surface area contributed by atoms with Crippen molar-refractivity contribution in [3.8, 4) is 0 Å². The average Bonchev–Trinajstić information content (AvgIpc) is 3.03. The third-order valence-electron chi connectivity index (χ3n) is 5.19. The topological polar surface area (TPSA) is 82.4 Å². The maximum absolute atomic E-state index is 12.9. The number of hydrogen-bond acceptors (Lipinski definition) is 3. The third-order valence-corrected chi connectivity index (χ3v) is 5.85. The zero-order valence-electron chi connectivity index (χ0n) is 15.1. The van der Waals surface area contributed by atoms with Crippen LogP contribution in [0, 0.1) is 0 Å². The van der Waals surface area contributed by atoms with Gasteiger partial charge in [0.2, 0.25) is 5.91 Å². The summed E-state index contributed by atoms with van der Waals surface area (Å²) in [6.45, 7) is 3.27. The Morgan fingerprint density at radius 3 is 2.59 bits per heavy atom. The zero-order chi connectivity index (χ0) is 19.1. The normalized spacial score (nSPS) is 15.6. The number of aromatic nitrogens is 1. The summed E-state index contributed by atoms with van der Waals surface area (Å²) in [5, 5.41) is 2.01. The molecule has 1 fully saturated rings. The van der Waals surface area contributed by atoms with E-state index in [0.717, 1.165) is 58.0 Å². The Hall–Kier alpha value is -2.38. The number of amides is 2. The largest absolute Gasteiger partial charge is 0.369 e. The van der Waals surface area contributed by atoms with E-state index in [1.54, 1.807) is 0 Å². The molecule has 2 heterocycles. The molecule has 2 aromatic carbocycles. The number of fused-ring (bicyclic) bond motifs is 3. The molecule has 1 aromatic heterocycles. The van der Waals surface area contributed by atoms with Crippen LogP contribution >= 0.6 is 15.9 Å². The Morgan fingerprint density at radius 1 is 1.15 bits per heavy atom. The molecule has 0 saturated carbocycles. The zero-order valence-corrected chi connectivity index (χ0v) is 16.7. The summed E-state index contributed by atoms with van der Waals surface area (Å²) in [6, 6.07) is 9.57. The number of nitrogens with two attached hydrogens (primary N) is 1. The lowest BCUT2D eigenvalue weighted by atomic mass is 10.1. The van der Waals surface area contributed by atoms with Crippen LogP contribution in [0.25, 0.3) is 21.8 Å². The van der Waals surface area contributed by atoms with Crippen molar-refractivity contribution in [3.05, 3.63) is 45.9 Å². The van der Waals surface area contributed by atoms with Crippen molar-refractivity contribution in [3.63, 3.8) is 0 Å². The summed E-state index contributed by atoms with van der Waals surface area (Å²) < 4.78 is 0.940. The number of primary amides is 1. The number of rotatable bonds is 3. The molecule has 6 nitrogen and oxygen atoms in total. The van der Waals surface area contributed by atoms with Crippen molar-refractivity contribution in [2.24, 2.45) is 5.73 Å². The molecule has 7 heteroatoms. The van der Waals surface area contributed by atoms with Gasteiger partial charge >= 0.3 is 0 Å². The van der Waals surface area contributed by atoms with Crippen LogP contribution in [-0.2, 0) is 11.2 Å². The van der Waals surface area contributed by atoms with Crippen molar-refractivity contribution in [2.75, 3.05) is 33.2 Å². The van der Waals surface area contributed by atoms with Crippen molar-refractivity contribution < 1.29 is 9.59 Å². The first-order chi connectivity index (χ1) is 12.9. The van der Waals surface area contributed by atoms with Crippen LogP contribution in [0.4, 0.5) is 0 Å². The predicted octanol–water partition coefficient (Wildman–Crippen LogP) is 2.50. The fourth-order valence-corrected chi connectivity index (χ4v) is 4.23. The van der Waals surface area contributed by atoms with Gasteiger partial charge in [-0.05, 0) is 30.8 Å². The van der Waals surface area contributed by atoms with Gasteiger partial charge < -0.3 is 20.5 Å². The van der Waals surface area contributed by atoms with Crippen LogP contribution in [0.15, 0.2) is 34.8 Å². The SMILES string of the molecule is CN1CCN(C(=O)c2ccc3c(c2)[nH]c2c(CC(N)=O)ccc(Br)c23)CC1. The van der Waals surface area contributed by atoms with Gasteiger partial charge in [0.15, 0.2) is 0 Å². The summed E-state index contributed by atoms with van der Waals surface area (Å²) in [5.41, 5.74) is 8.66. The molecule has 0 atom stereocenters. The van der Waals surface area contributed by atoms with Crippen LogP contribution in [0.5, 0.6) is 0 Å². The molecule has 4 rings (SSSR count). The fourth-order valence-electron chi connectivity index (χ4n) is 3.69. The number of aromatic amines is 1. The van der Waals surface area contributed by atoms with Gasteiger partial charge in [0, 0.05) is 52.5 Å². The number of carbonyl (C=O) groups excluding carboxylic acids is 2. The van der Waals surface area contributed by atoms with Crippen LogP contribution < -0.4 is 5.73 Å². The maximum atomic E-state index is 12.9. The maximum Gasteiger partial charge on any atom is 0.254 e. The summed E-state index contributed by atoms with van der Waals surface area (Å²) >= 11 is 3.60. The molecule has 0 spiro atoms. The van der Waals surface area contributed by atoms with E-state index in [-0.39, 0.29) is 18.2 Å². The van der Waals surface area contributed by atoms with E-state index < -0.39 is 0 Å². The van der Waals surface area contributed by atoms with E-state index in [1.165, 1.54) is 0 Å². The first-order valence-corrected chi connectivity index (χ1v) is 9.72. The average molecular weight is 429 g/mol. The van der Waals surface area contributed by atoms with Gasteiger partial charge in [-0.25, -0.2) is 0 Å². The Labute approximate surface area is 165 Å². The minimum Gasteiger partial charge on any atom is -0.369 e. The van der Waals surface area contributed by atoms with E-state index >= 15 is 0 Å². The molecule has 0 aliphatic carbocycles. The molecule has 2 amide bonds. The van der Waals surface area contributed by atoms with Gasteiger partial charge in [-0.2, -0.15) is 0 Å². The Kier molecular flexibility index (Phi) is 4.65. The van der Waals surface area contributed by atoms with Crippen molar-refractivity contribution in [1.29, 1.82) is 0 Å². The van der Waals surface area contributed by atoms with Crippen LogP contribution in [0.3, 0.4) is 0 Å². The second-order valence-corrected chi connectivity index (χ2v) is 7.93. The lowest BCUT2D eigenvalue weighted by Crippen LogP contribution is -2.47. The smallest absolute Gasteiger partial charge is 0.254 e. The van der Waals surface area contributed by atoms with Gasteiger partial charge in [-0.1, -0.05) is 28.1 Å². The quantitative estimate of drug-likeness (QED) is 0.671. The monoisotopic (exact) mass is 428 g/mol. The first-order valence-electron chi connectivity index (χ1n) is 8.93. The number of piperazine rings is 1. The Bertz CT molecular complexity index is 1050. The molecule has 1 aliphatic heterocycles. The molecule has 3 aromatic rings. The van der Waals surface area contributed by atoms with E-state index in [4.69, 9.17) is 5.73 Å². The standard InChI is InChI=1S/C20H21BrN4O2/c1-24-6-8-25(9-7-24)20(27)13-2-4-14-16(10-13)23-19-12(11-17(22)26)3-5-15(21)18(14)19/h2-5,10,23H,6-9,11H2,1H3,(H2,22,26). The van der Waals surface area contributed by atoms with Crippen LogP contribution in [0.1, 0.15) is 15.9 Å². The lowest BCUT2D eigenvalue weighted by molar-refractivity contribution is -0.117. The number of benzene rings is 2. The van der Waals surface area contributed by atoms with Crippen molar-refractivity contribution in [2.45, 2.75) is 6.42 Å². The number of hydrogen-bond donors (Lipinski definition) is 2. The highest BCUT2D eigenvalue weighted by Gasteiger charge is 2.21. The number of halogens is 1. The molecule has 0 bridgehead atoms. The van der Waals surface area contributed by atoms with Crippen molar-refractivity contribution in [1.82, 2.24) is 14.8 Å². The third kappa shape index (κ3) is 3.33. The fraction of sp³-hybridized carbons (Fsp3) is 0.300. The highest BCUT2D eigenvalue weighted by Crippen LogP contribution is 2.34. The molecular formula is C20H21BrN4O2. The summed E-state index contributed by atoms with van der Waals surface area (Å²) in [7, 11) is 2.07. The minimum absolute atomic E-state index is 0.0556. The van der Waals surface area contributed by atoms with Gasteiger partial charge in [0.05, 0.1) is 11.9 Å². The summed E-state index contributed by atoms with van der Waals surface area (Å²) in [4.78, 5) is 31.8. The van der Waals surface area contributed by atoms with E-state index in [9.17, 15) is 9.59 Å².